The number of rotatable bonds is 4. The Morgan fingerprint density at radius 3 is 1.64 bits per heavy atom. The van der Waals surface area contributed by atoms with E-state index in [0.717, 1.165) is 110 Å². The number of furan rings is 2. The van der Waals surface area contributed by atoms with Gasteiger partial charge in [-0.15, -0.1) is 0 Å². The lowest BCUT2D eigenvalue weighted by Crippen LogP contribution is -2.11. The molecule has 16 aromatic rings. The van der Waals surface area contributed by atoms with Crippen LogP contribution in [0, 0.1) is 0 Å². The smallest absolute Gasteiger partial charge is 0.159 e. The minimum Gasteiger partial charge on any atom is -0.454 e. The summed E-state index contributed by atoms with van der Waals surface area (Å²) in [5.74, 6) is 0.882. The zero-order valence-corrected chi connectivity index (χ0v) is 37.5. The zero-order chi connectivity index (χ0) is 45.6. The normalized spacial score (nSPS) is 12.3. The SMILES string of the molecule is c1ccc2cc3c(N(c4cccc5c4oc4ccccc45)c4cccc5c4oc4cc6c(cc45)c4ccc5c7ccccc7c7ccccc7c5c4n6-c4nccc5ccccc45)cccc3cc2c1. The summed E-state index contributed by atoms with van der Waals surface area (Å²) >= 11 is 0. The molecule has 16 rings (SSSR count). The van der Waals surface area contributed by atoms with Crippen LogP contribution < -0.4 is 4.90 Å². The van der Waals surface area contributed by atoms with Gasteiger partial charge in [-0.2, -0.15) is 0 Å². The second-order valence-electron chi connectivity index (χ2n) is 18.6. The van der Waals surface area contributed by atoms with Gasteiger partial charge in [0.1, 0.15) is 17.0 Å². The van der Waals surface area contributed by atoms with Crippen LogP contribution in [0.5, 0.6) is 0 Å². The summed E-state index contributed by atoms with van der Waals surface area (Å²) < 4.78 is 16.6. The number of hydrogen-bond donors (Lipinski definition) is 0. The van der Waals surface area contributed by atoms with Crippen molar-refractivity contribution in [2.75, 3.05) is 4.90 Å². The van der Waals surface area contributed by atoms with Gasteiger partial charge in [-0.25, -0.2) is 4.98 Å². The molecule has 0 fully saturated rings. The number of para-hydroxylation sites is 3. The summed E-state index contributed by atoms with van der Waals surface area (Å²) in [6, 6.07) is 78.7. The summed E-state index contributed by atoms with van der Waals surface area (Å²) in [7, 11) is 0. The van der Waals surface area contributed by atoms with E-state index in [1.807, 2.05) is 12.3 Å². The molecule has 0 unspecified atom stereocenters. The molecule has 0 bridgehead atoms. The van der Waals surface area contributed by atoms with Gasteiger partial charge in [0, 0.05) is 60.7 Å². The van der Waals surface area contributed by atoms with Crippen molar-refractivity contribution in [1.82, 2.24) is 9.55 Å². The number of hydrogen-bond acceptors (Lipinski definition) is 4. The van der Waals surface area contributed by atoms with E-state index in [0.29, 0.717) is 0 Å². The molecule has 12 aromatic carbocycles. The third-order valence-corrected chi connectivity index (χ3v) is 14.9. The molecule has 0 saturated carbocycles. The summed E-state index contributed by atoms with van der Waals surface area (Å²) in [5, 5.41) is 20.7. The summed E-state index contributed by atoms with van der Waals surface area (Å²) in [6.07, 6.45) is 1.94. The van der Waals surface area contributed by atoms with Crippen LogP contribution in [0.4, 0.5) is 17.1 Å². The average molecular weight is 892 g/mol. The van der Waals surface area contributed by atoms with Gasteiger partial charge in [0.25, 0.3) is 0 Å². The minimum atomic E-state index is 0.790. The molecule has 324 valence electrons. The predicted molar refractivity (Wildman–Crippen MR) is 293 cm³/mol. The van der Waals surface area contributed by atoms with Crippen LogP contribution in [-0.2, 0) is 0 Å². The third-order valence-electron chi connectivity index (χ3n) is 14.9. The third kappa shape index (κ3) is 5.12. The highest BCUT2D eigenvalue weighted by molar-refractivity contribution is 6.34. The first-order valence-corrected chi connectivity index (χ1v) is 23.9. The Labute approximate surface area is 399 Å². The lowest BCUT2D eigenvalue weighted by atomic mass is 9.93. The van der Waals surface area contributed by atoms with Gasteiger partial charge in [-0.1, -0.05) is 164 Å². The lowest BCUT2D eigenvalue weighted by Gasteiger charge is -2.27. The molecule has 0 aliphatic rings. The predicted octanol–water partition coefficient (Wildman–Crippen LogP) is 18.4. The molecular formula is C65H37N3O2. The highest BCUT2D eigenvalue weighted by atomic mass is 16.3. The van der Waals surface area contributed by atoms with E-state index in [1.165, 1.54) is 43.1 Å². The lowest BCUT2D eigenvalue weighted by molar-refractivity contribution is 0.666. The van der Waals surface area contributed by atoms with Crippen molar-refractivity contribution < 1.29 is 8.83 Å². The van der Waals surface area contributed by atoms with Crippen LogP contribution in [0.2, 0.25) is 0 Å². The van der Waals surface area contributed by atoms with Gasteiger partial charge >= 0.3 is 0 Å². The van der Waals surface area contributed by atoms with Gasteiger partial charge in [0.05, 0.1) is 28.1 Å². The number of pyridine rings is 1. The highest BCUT2D eigenvalue weighted by Gasteiger charge is 2.27. The fourth-order valence-corrected chi connectivity index (χ4v) is 11.9. The quantitative estimate of drug-likeness (QED) is 0.130. The summed E-state index contributed by atoms with van der Waals surface area (Å²) in [4.78, 5) is 7.58. The molecule has 0 amide bonds. The van der Waals surface area contributed by atoms with Gasteiger partial charge < -0.3 is 13.7 Å². The van der Waals surface area contributed by atoms with Crippen LogP contribution in [-0.4, -0.2) is 9.55 Å². The van der Waals surface area contributed by atoms with E-state index in [9.17, 15) is 0 Å². The largest absolute Gasteiger partial charge is 0.454 e. The fourth-order valence-electron chi connectivity index (χ4n) is 11.9. The van der Waals surface area contributed by atoms with E-state index >= 15 is 0 Å². The number of anilines is 3. The molecule has 0 aliphatic heterocycles. The van der Waals surface area contributed by atoms with Gasteiger partial charge in [-0.05, 0) is 97.0 Å². The molecule has 0 N–H and O–H groups in total. The van der Waals surface area contributed by atoms with Crippen molar-refractivity contribution in [3.63, 3.8) is 0 Å². The molecule has 5 heteroatoms. The molecule has 5 nitrogen and oxygen atoms in total. The Kier molecular flexibility index (Phi) is 7.55. The Morgan fingerprint density at radius 1 is 0.329 bits per heavy atom. The Balaban J connectivity index is 1.03. The Morgan fingerprint density at radius 2 is 0.871 bits per heavy atom. The molecule has 0 radical (unpaired) electrons. The molecule has 4 aromatic heterocycles. The zero-order valence-electron chi connectivity index (χ0n) is 37.5. The molecule has 0 saturated heterocycles. The van der Waals surface area contributed by atoms with Gasteiger partial charge in [-0.3, -0.25) is 4.57 Å². The second-order valence-corrected chi connectivity index (χ2v) is 18.6. The molecule has 0 atom stereocenters. The standard InChI is InChI=1S/C65H37N3O2/c1-2-16-40-35-52-41(34-39(40)15-1)17-11-26-55(52)67(56-27-12-24-50-46-22-9-10-29-59(46)69-63(50)56)57-28-13-25-51-54-36-53-49-31-30-48-45-21-6-5-19-43(45)44-20-7-8-23-47(44)61(48)62(49)68(58(53)37-60(54)70-64(51)57)65-42-18-4-3-14-38(42)32-33-66-65/h1-37H. The van der Waals surface area contributed by atoms with E-state index in [2.05, 4.69) is 222 Å². The molecular weight excluding hydrogens is 855 g/mol. The monoisotopic (exact) mass is 891 g/mol. The van der Waals surface area contributed by atoms with E-state index < -0.39 is 0 Å². The van der Waals surface area contributed by atoms with Crippen LogP contribution in [0.3, 0.4) is 0 Å². The Bertz CT molecular complexity index is 4880. The Hall–Kier alpha value is -9.45. The fraction of sp³-hybridized carbons (Fsp3) is 0. The molecule has 0 spiro atoms. The van der Waals surface area contributed by atoms with Crippen molar-refractivity contribution in [1.29, 1.82) is 0 Å². The van der Waals surface area contributed by atoms with Crippen LogP contribution in [0.25, 0.3) is 136 Å². The van der Waals surface area contributed by atoms with Crippen molar-refractivity contribution in [2.24, 2.45) is 0 Å². The van der Waals surface area contributed by atoms with Crippen molar-refractivity contribution in [3.05, 3.63) is 225 Å². The average Bonchev–Trinajstić information content (AvgIpc) is 4.09. The summed E-state index contributed by atoms with van der Waals surface area (Å²) in [6.45, 7) is 0. The highest BCUT2D eigenvalue weighted by Crippen LogP contribution is 2.50. The maximum Gasteiger partial charge on any atom is 0.159 e. The van der Waals surface area contributed by atoms with Crippen molar-refractivity contribution >= 4 is 147 Å². The maximum atomic E-state index is 7.35. The minimum absolute atomic E-state index is 0.790. The van der Waals surface area contributed by atoms with Crippen LogP contribution >= 0.6 is 0 Å². The van der Waals surface area contributed by atoms with E-state index in [4.69, 9.17) is 13.8 Å². The van der Waals surface area contributed by atoms with Crippen LogP contribution in [0.15, 0.2) is 233 Å². The van der Waals surface area contributed by atoms with Gasteiger partial charge in [0.15, 0.2) is 11.2 Å². The topological polar surface area (TPSA) is 47.3 Å². The maximum absolute atomic E-state index is 7.35. The summed E-state index contributed by atoms with van der Waals surface area (Å²) in [5.41, 5.74) is 8.29. The molecule has 70 heavy (non-hydrogen) atoms. The van der Waals surface area contributed by atoms with Crippen LogP contribution in [0.1, 0.15) is 0 Å². The van der Waals surface area contributed by atoms with Gasteiger partial charge in [0.2, 0.25) is 0 Å². The number of nitrogens with zero attached hydrogens (tertiary/aromatic N) is 3. The van der Waals surface area contributed by atoms with Crippen molar-refractivity contribution in [2.45, 2.75) is 0 Å². The van der Waals surface area contributed by atoms with Crippen molar-refractivity contribution in [3.8, 4) is 5.82 Å². The first-order chi connectivity index (χ1) is 34.7. The van der Waals surface area contributed by atoms with E-state index in [-0.39, 0.29) is 0 Å². The number of benzene rings is 12. The number of fused-ring (bicyclic) bond motifs is 19. The van der Waals surface area contributed by atoms with E-state index in [1.54, 1.807) is 0 Å². The first kappa shape index (κ1) is 37.6. The molecule has 0 aliphatic carbocycles. The first-order valence-electron chi connectivity index (χ1n) is 23.9. The second kappa shape index (κ2) is 14.0. The number of aromatic nitrogens is 2. The molecule has 4 heterocycles.